The molecule has 0 saturated carbocycles. The SMILES string of the molecule is CCN1CCN(S(=O)(=O)c2ccc(NC(=O)c3ccc(CN4CCCC4=O)cc3)cc2)CC1. The zero-order valence-corrected chi connectivity index (χ0v) is 19.7. The van der Waals surface area contributed by atoms with E-state index in [1.54, 1.807) is 24.3 Å². The number of likely N-dealkylation sites (N-methyl/N-ethyl adjacent to an activating group) is 1. The normalized spacial score (nSPS) is 18.0. The van der Waals surface area contributed by atoms with E-state index in [4.69, 9.17) is 0 Å². The van der Waals surface area contributed by atoms with E-state index in [-0.39, 0.29) is 16.7 Å². The summed E-state index contributed by atoms with van der Waals surface area (Å²) in [7, 11) is -3.54. The predicted octanol–water partition coefficient (Wildman–Crippen LogP) is 2.39. The van der Waals surface area contributed by atoms with Crippen LogP contribution in [-0.2, 0) is 21.4 Å². The van der Waals surface area contributed by atoms with Crippen molar-refractivity contribution in [2.24, 2.45) is 0 Å². The Hall–Kier alpha value is -2.75. The topological polar surface area (TPSA) is 90.0 Å². The predicted molar refractivity (Wildman–Crippen MR) is 126 cm³/mol. The third-order valence-electron chi connectivity index (χ3n) is 6.29. The molecule has 33 heavy (non-hydrogen) atoms. The molecule has 0 unspecified atom stereocenters. The number of amides is 2. The minimum absolute atomic E-state index is 0.172. The molecule has 176 valence electrons. The summed E-state index contributed by atoms with van der Waals surface area (Å²) in [5.74, 6) is -0.101. The van der Waals surface area contributed by atoms with Crippen LogP contribution in [0.5, 0.6) is 0 Å². The zero-order valence-electron chi connectivity index (χ0n) is 18.9. The molecule has 2 aliphatic rings. The molecule has 0 aromatic heterocycles. The van der Waals surface area contributed by atoms with E-state index in [0.29, 0.717) is 37.3 Å². The molecular formula is C24H30N4O4S. The zero-order chi connectivity index (χ0) is 23.4. The van der Waals surface area contributed by atoms with Crippen LogP contribution in [0.4, 0.5) is 5.69 Å². The Bertz CT molecular complexity index is 1090. The van der Waals surface area contributed by atoms with Crippen molar-refractivity contribution in [1.82, 2.24) is 14.1 Å². The van der Waals surface area contributed by atoms with E-state index in [1.165, 1.54) is 16.4 Å². The fraction of sp³-hybridized carbons (Fsp3) is 0.417. The average molecular weight is 471 g/mol. The monoisotopic (exact) mass is 470 g/mol. The molecule has 2 aromatic carbocycles. The summed E-state index contributed by atoms with van der Waals surface area (Å²) in [5.41, 5.74) is 2.01. The van der Waals surface area contributed by atoms with Crippen molar-refractivity contribution in [2.45, 2.75) is 31.2 Å². The van der Waals surface area contributed by atoms with Gasteiger partial charge in [-0.05, 0) is 54.9 Å². The van der Waals surface area contributed by atoms with Crippen LogP contribution < -0.4 is 5.32 Å². The number of piperazine rings is 1. The lowest BCUT2D eigenvalue weighted by molar-refractivity contribution is -0.128. The van der Waals surface area contributed by atoms with E-state index in [0.717, 1.165) is 38.2 Å². The molecule has 0 bridgehead atoms. The van der Waals surface area contributed by atoms with Crippen LogP contribution in [0.2, 0.25) is 0 Å². The van der Waals surface area contributed by atoms with Crippen LogP contribution in [0.1, 0.15) is 35.7 Å². The maximum Gasteiger partial charge on any atom is 0.255 e. The molecule has 8 nitrogen and oxygen atoms in total. The first-order valence-electron chi connectivity index (χ1n) is 11.4. The van der Waals surface area contributed by atoms with Gasteiger partial charge in [0, 0.05) is 56.9 Å². The molecule has 2 aromatic rings. The highest BCUT2D eigenvalue weighted by Gasteiger charge is 2.28. The van der Waals surface area contributed by atoms with Gasteiger partial charge in [0.2, 0.25) is 15.9 Å². The number of benzene rings is 2. The second kappa shape index (κ2) is 10.0. The average Bonchev–Trinajstić information content (AvgIpc) is 3.24. The van der Waals surface area contributed by atoms with Gasteiger partial charge in [-0.2, -0.15) is 4.31 Å². The lowest BCUT2D eigenvalue weighted by Crippen LogP contribution is -2.48. The Morgan fingerprint density at radius 1 is 0.939 bits per heavy atom. The molecule has 0 aliphatic carbocycles. The van der Waals surface area contributed by atoms with E-state index < -0.39 is 10.0 Å². The van der Waals surface area contributed by atoms with Gasteiger partial charge in [0.25, 0.3) is 5.91 Å². The number of nitrogens with one attached hydrogen (secondary N) is 1. The molecule has 1 N–H and O–H groups in total. The third-order valence-corrected chi connectivity index (χ3v) is 8.20. The lowest BCUT2D eigenvalue weighted by atomic mass is 10.1. The third kappa shape index (κ3) is 5.43. The van der Waals surface area contributed by atoms with Crippen molar-refractivity contribution in [3.63, 3.8) is 0 Å². The Morgan fingerprint density at radius 3 is 2.18 bits per heavy atom. The summed E-state index contributed by atoms with van der Waals surface area (Å²) in [6.45, 7) is 6.76. The van der Waals surface area contributed by atoms with Crippen molar-refractivity contribution < 1.29 is 18.0 Å². The number of rotatable bonds is 7. The van der Waals surface area contributed by atoms with Crippen molar-refractivity contribution in [2.75, 3.05) is 44.6 Å². The largest absolute Gasteiger partial charge is 0.338 e. The van der Waals surface area contributed by atoms with Gasteiger partial charge in [-0.25, -0.2) is 8.42 Å². The van der Waals surface area contributed by atoms with Crippen LogP contribution in [0, 0.1) is 0 Å². The summed E-state index contributed by atoms with van der Waals surface area (Å²) in [6, 6.07) is 13.5. The van der Waals surface area contributed by atoms with Gasteiger partial charge in [-0.15, -0.1) is 0 Å². The second-order valence-corrected chi connectivity index (χ2v) is 10.4. The van der Waals surface area contributed by atoms with Gasteiger partial charge in [0.1, 0.15) is 0 Å². The van der Waals surface area contributed by atoms with Gasteiger partial charge >= 0.3 is 0 Å². The summed E-state index contributed by atoms with van der Waals surface area (Å²) in [5, 5.41) is 2.81. The number of nitrogens with zero attached hydrogens (tertiary/aromatic N) is 3. The number of anilines is 1. The first-order valence-corrected chi connectivity index (χ1v) is 12.8. The summed E-state index contributed by atoms with van der Waals surface area (Å²) in [6.07, 6.45) is 1.50. The quantitative estimate of drug-likeness (QED) is 0.671. The fourth-order valence-electron chi connectivity index (χ4n) is 4.20. The van der Waals surface area contributed by atoms with Gasteiger partial charge in [0.15, 0.2) is 0 Å². The molecule has 2 saturated heterocycles. The number of likely N-dealkylation sites (tertiary alicyclic amines) is 1. The smallest absolute Gasteiger partial charge is 0.255 e. The Labute approximate surface area is 195 Å². The maximum atomic E-state index is 12.9. The van der Waals surface area contributed by atoms with Gasteiger partial charge in [-0.1, -0.05) is 19.1 Å². The number of carbonyl (C=O) groups is 2. The first-order chi connectivity index (χ1) is 15.9. The van der Waals surface area contributed by atoms with Gasteiger partial charge in [0.05, 0.1) is 4.90 Å². The number of hydrogen-bond donors (Lipinski definition) is 1. The van der Waals surface area contributed by atoms with Crippen molar-refractivity contribution in [3.05, 3.63) is 59.7 Å². The van der Waals surface area contributed by atoms with E-state index in [2.05, 4.69) is 17.1 Å². The minimum Gasteiger partial charge on any atom is -0.338 e. The summed E-state index contributed by atoms with van der Waals surface area (Å²) in [4.78, 5) is 28.7. The molecule has 4 rings (SSSR count). The van der Waals surface area contributed by atoms with Crippen LogP contribution in [0.3, 0.4) is 0 Å². The highest BCUT2D eigenvalue weighted by molar-refractivity contribution is 7.89. The van der Waals surface area contributed by atoms with Crippen molar-refractivity contribution >= 4 is 27.5 Å². The van der Waals surface area contributed by atoms with Crippen LogP contribution in [-0.4, -0.2) is 73.6 Å². The molecule has 2 amide bonds. The Kier molecular flexibility index (Phi) is 7.11. The molecule has 0 spiro atoms. The van der Waals surface area contributed by atoms with Crippen LogP contribution in [0.25, 0.3) is 0 Å². The first kappa shape index (κ1) is 23.4. The molecule has 0 atom stereocenters. The fourth-order valence-corrected chi connectivity index (χ4v) is 5.62. The van der Waals surface area contributed by atoms with Gasteiger partial charge in [-0.3, -0.25) is 9.59 Å². The Morgan fingerprint density at radius 2 is 1.61 bits per heavy atom. The molecule has 9 heteroatoms. The van der Waals surface area contributed by atoms with E-state index in [9.17, 15) is 18.0 Å². The molecule has 2 aliphatic heterocycles. The maximum absolute atomic E-state index is 12.9. The second-order valence-electron chi connectivity index (χ2n) is 8.43. The number of carbonyl (C=O) groups excluding carboxylic acids is 2. The number of hydrogen-bond acceptors (Lipinski definition) is 5. The number of sulfonamides is 1. The standard InChI is InChI=1S/C24H30N4O4S/c1-2-26-14-16-28(17-15-26)33(31,32)22-11-9-21(10-12-22)25-24(30)20-7-5-19(6-8-20)18-27-13-3-4-23(27)29/h5-12H,2-4,13-18H2,1H3,(H,25,30). The Balaban J connectivity index is 1.35. The highest BCUT2D eigenvalue weighted by Crippen LogP contribution is 2.21. The van der Waals surface area contributed by atoms with Gasteiger partial charge < -0.3 is 15.1 Å². The minimum atomic E-state index is -3.54. The molecule has 2 heterocycles. The summed E-state index contributed by atoms with van der Waals surface area (Å²) < 4.78 is 27.3. The molecule has 0 radical (unpaired) electrons. The summed E-state index contributed by atoms with van der Waals surface area (Å²) >= 11 is 0. The van der Waals surface area contributed by atoms with E-state index in [1.807, 2.05) is 17.0 Å². The van der Waals surface area contributed by atoms with Crippen LogP contribution >= 0.6 is 0 Å². The molecule has 2 fully saturated rings. The molecular weight excluding hydrogens is 440 g/mol. The van der Waals surface area contributed by atoms with Crippen molar-refractivity contribution in [3.8, 4) is 0 Å². The van der Waals surface area contributed by atoms with Crippen LogP contribution in [0.15, 0.2) is 53.4 Å². The highest BCUT2D eigenvalue weighted by atomic mass is 32.2. The van der Waals surface area contributed by atoms with E-state index >= 15 is 0 Å². The van der Waals surface area contributed by atoms with Crippen molar-refractivity contribution in [1.29, 1.82) is 0 Å². The lowest BCUT2D eigenvalue weighted by Gasteiger charge is -2.33.